The van der Waals surface area contributed by atoms with E-state index in [0.29, 0.717) is 5.56 Å². The van der Waals surface area contributed by atoms with Gasteiger partial charge in [0, 0.05) is 70.6 Å². The van der Waals surface area contributed by atoms with Gasteiger partial charge in [0.1, 0.15) is 5.75 Å². The Hall–Kier alpha value is -4.63. The molecule has 0 spiro atoms. The van der Waals surface area contributed by atoms with Gasteiger partial charge in [0.15, 0.2) is 0 Å². The van der Waals surface area contributed by atoms with E-state index in [-0.39, 0.29) is 11.9 Å². The minimum absolute atomic E-state index is 0.0433. The van der Waals surface area contributed by atoms with Crippen LogP contribution in [-0.4, -0.2) is 66.2 Å². The normalized spacial score (nSPS) is 10.5. The molecule has 0 saturated heterocycles. The zero-order valence-corrected chi connectivity index (χ0v) is 25.9. The molecule has 0 saturated carbocycles. The third-order valence-electron chi connectivity index (χ3n) is 6.83. The Labute approximate surface area is 252 Å². The van der Waals surface area contributed by atoms with Crippen LogP contribution in [0.5, 0.6) is 5.75 Å². The van der Waals surface area contributed by atoms with E-state index in [1.807, 2.05) is 110 Å². The molecule has 1 N–H and O–H groups in total. The minimum atomic E-state index is -0.153. The summed E-state index contributed by atoms with van der Waals surface area (Å²) in [6, 6.07) is 28.9. The van der Waals surface area contributed by atoms with Crippen molar-refractivity contribution in [2.45, 2.75) is 4.90 Å². The van der Waals surface area contributed by atoms with Crippen LogP contribution in [0.15, 0.2) is 95.9 Å². The summed E-state index contributed by atoms with van der Waals surface area (Å²) in [6.45, 7) is 0. The predicted octanol–water partition coefficient (Wildman–Crippen LogP) is 6.94. The highest BCUT2D eigenvalue weighted by molar-refractivity contribution is 8.00. The van der Waals surface area contributed by atoms with Crippen molar-refractivity contribution in [1.82, 2.24) is 4.90 Å². The topological polar surface area (TPSA) is 68.4 Å². The molecule has 3 amide bonds. The first-order chi connectivity index (χ1) is 20.1. The molecule has 0 aromatic heterocycles. The summed E-state index contributed by atoms with van der Waals surface area (Å²) in [5, 5.41) is 0. The third kappa shape index (κ3) is 6.98. The summed E-state index contributed by atoms with van der Waals surface area (Å²) >= 11 is 1.42. The second kappa shape index (κ2) is 13.4. The van der Waals surface area contributed by atoms with Crippen molar-refractivity contribution < 1.29 is 14.3 Å². The molecule has 0 bridgehead atoms. The number of ether oxygens (including phenoxy) is 1. The number of nitrogens with zero attached hydrogens (tertiary/aromatic N) is 4. The number of rotatable bonds is 9. The van der Waals surface area contributed by atoms with E-state index >= 15 is 0 Å². The molecule has 0 aliphatic heterocycles. The SMILES string of the molecule is COc1ccc(-c2cccc(C(=O)N(C)C)c2)cc1SNc1cccc(N(C)C(=O)N(C)c2cccc(N(C)C)c2)c1. The maximum atomic E-state index is 13.3. The lowest BCUT2D eigenvalue weighted by Gasteiger charge is -2.26. The van der Waals surface area contributed by atoms with Crippen molar-refractivity contribution in [3.63, 3.8) is 0 Å². The summed E-state index contributed by atoms with van der Waals surface area (Å²) in [4.78, 5) is 33.6. The van der Waals surface area contributed by atoms with Gasteiger partial charge in [-0.25, -0.2) is 4.79 Å². The van der Waals surface area contributed by atoms with Gasteiger partial charge in [-0.3, -0.25) is 14.6 Å². The summed E-state index contributed by atoms with van der Waals surface area (Å²) in [5.74, 6) is 0.681. The summed E-state index contributed by atoms with van der Waals surface area (Å²) in [5.41, 5.74) is 5.96. The van der Waals surface area contributed by atoms with Crippen molar-refractivity contribution in [1.29, 1.82) is 0 Å². The second-order valence-corrected chi connectivity index (χ2v) is 11.1. The largest absolute Gasteiger partial charge is 0.496 e. The van der Waals surface area contributed by atoms with Gasteiger partial charge in [-0.15, -0.1) is 0 Å². The second-order valence-electron chi connectivity index (χ2n) is 10.2. The molecule has 8 nitrogen and oxygen atoms in total. The average Bonchev–Trinajstić information content (AvgIpc) is 3.02. The fourth-order valence-electron chi connectivity index (χ4n) is 4.34. The van der Waals surface area contributed by atoms with Crippen LogP contribution in [0.2, 0.25) is 0 Å². The van der Waals surface area contributed by atoms with Crippen LogP contribution >= 0.6 is 11.9 Å². The van der Waals surface area contributed by atoms with Crippen molar-refractivity contribution in [3.8, 4) is 16.9 Å². The Balaban J connectivity index is 1.51. The Morgan fingerprint density at radius 3 is 1.98 bits per heavy atom. The van der Waals surface area contributed by atoms with E-state index in [2.05, 4.69) is 4.72 Å². The molecule has 0 aliphatic rings. The molecule has 4 aromatic rings. The van der Waals surface area contributed by atoms with Crippen molar-refractivity contribution in [2.75, 3.05) is 68.8 Å². The van der Waals surface area contributed by atoms with Gasteiger partial charge in [-0.2, -0.15) is 0 Å². The van der Waals surface area contributed by atoms with Gasteiger partial charge in [-0.05, 0) is 83.7 Å². The monoisotopic (exact) mass is 583 g/mol. The van der Waals surface area contributed by atoms with Gasteiger partial charge in [-0.1, -0.05) is 30.3 Å². The van der Waals surface area contributed by atoms with Gasteiger partial charge in [0.05, 0.1) is 12.0 Å². The Kier molecular flexibility index (Phi) is 9.64. The van der Waals surface area contributed by atoms with Crippen LogP contribution in [0, 0.1) is 0 Å². The minimum Gasteiger partial charge on any atom is -0.496 e. The van der Waals surface area contributed by atoms with Crippen LogP contribution < -0.4 is 24.2 Å². The number of hydrogen-bond donors (Lipinski definition) is 1. The fraction of sp³-hybridized carbons (Fsp3) is 0.212. The summed E-state index contributed by atoms with van der Waals surface area (Å²) in [7, 11) is 12.6. The molecule has 4 aromatic carbocycles. The number of benzene rings is 4. The highest BCUT2D eigenvalue weighted by Gasteiger charge is 2.18. The standard InChI is InChI=1S/C33H37N5O3S/c1-35(2)27-14-10-16-29(22-27)38(6)33(40)37(5)28-15-9-13-26(21-28)34-42-31-20-24(17-18-30(31)41-7)23-11-8-12-25(19-23)32(39)36(3)4/h8-22,34H,1-7H3. The van der Waals surface area contributed by atoms with Crippen LogP contribution in [0.3, 0.4) is 0 Å². The first-order valence-corrected chi connectivity index (χ1v) is 14.2. The number of hydrogen-bond acceptors (Lipinski definition) is 6. The number of nitrogens with one attached hydrogen (secondary N) is 1. The van der Waals surface area contributed by atoms with E-state index in [1.54, 1.807) is 50.0 Å². The summed E-state index contributed by atoms with van der Waals surface area (Å²) in [6.07, 6.45) is 0. The van der Waals surface area contributed by atoms with E-state index in [0.717, 1.165) is 44.5 Å². The van der Waals surface area contributed by atoms with E-state index in [4.69, 9.17) is 4.74 Å². The Morgan fingerprint density at radius 2 is 1.31 bits per heavy atom. The molecule has 9 heteroatoms. The molecule has 0 fully saturated rings. The number of methoxy groups -OCH3 is 1. The van der Waals surface area contributed by atoms with Gasteiger partial charge < -0.3 is 19.3 Å². The predicted molar refractivity (Wildman–Crippen MR) is 175 cm³/mol. The maximum Gasteiger partial charge on any atom is 0.328 e. The van der Waals surface area contributed by atoms with Crippen LogP contribution in [-0.2, 0) is 0 Å². The third-order valence-corrected chi connectivity index (χ3v) is 7.71. The zero-order valence-electron chi connectivity index (χ0n) is 25.1. The molecule has 0 aliphatic carbocycles. The Morgan fingerprint density at radius 1 is 0.690 bits per heavy atom. The lowest BCUT2D eigenvalue weighted by molar-refractivity contribution is 0.0827. The number of anilines is 4. The van der Waals surface area contributed by atoms with Gasteiger partial charge >= 0.3 is 6.03 Å². The fourth-order valence-corrected chi connectivity index (χ4v) is 5.14. The Bertz CT molecular complexity index is 1570. The van der Waals surface area contributed by atoms with Crippen molar-refractivity contribution >= 4 is 46.6 Å². The van der Waals surface area contributed by atoms with Crippen molar-refractivity contribution in [3.05, 3.63) is 96.6 Å². The quantitative estimate of drug-likeness (QED) is 0.215. The number of carbonyl (C=O) groups excluding carboxylic acids is 2. The van der Waals surface area contributed by atoms with Gasteiger partial charge in [0.2, 0.25) is 0 Å². The van der Waals surface area contributed by atoms with Crippen LogP contribution in [0.1, 0.15) is 10.4 Å². The molecular weight excluding hydrogens is 546 g/mol. The molecule has 42 heavy (non-hydrogen) atoms. The number of amides is 3. The van der Waals surface area contributed by atoms with Gasteiger partial charge in [0.25, 0.3) is 5.91 Å². The highest BCUT2D eigenvalue weighted by atomic mass is 32.2. The zero-order chi connectivity index (χ0) is 30.4. The average molecular weight is 584 g/mol. The molecular formula is C33H37N5O3S. The molecule has 4 rings (SSSR count). The molecule has 0 atom stereocenters. The van der Waals surface area contributed by atoms with E-state index in [1.165, 1.54) is 11.9 Å². The van der Waals surface area contributed by atoms with E-state index < -0.39 is 0 Å². The first kappa shape index (κ1) is 30.3. The molecule has 218 valence electrons. The highest BCUT2D eigenvalue weighted by Crippen LogP contribution is 2.35. The lowest BCUT2D eigenvalue weighted by Crippen LogP contribution is -2.39. The molecule has 0 radical (unpaired) electrons. The number of urea groups is 1. The smallest absolute Gasteiger partial charge is 0.328 e. The lowest BCUT2D eigenvalue weighted by atomic mass is 10.0. The molecule has 0 unspecified atom stereocenters. The van der Waals surface area contributed by atoms with E-state index in [9.17, 15) is 9.59 Å². The first-order valence-electron chi connectivity index (χ1n) is 13.4. The summed E-state index contributed by atoms with van der Waals surface area (Å²) < 4.78 is 9.01. The number of carbonyl (C=O) groups is 2. The van der Waals surface area contributed by atoms with Crippen LogP contribution in [0.4, 0.5) is 27.5 Å². The van der Waals surface area contributed by atoms with Crippen LogP contribution in [0.25, 0.3) is 11.1 Å². The molecule has 0 heterocycles. The van der Waals surface area contributed by atoms with Crippen molar-refractivity contribution in [2.24, 2.45) is 0 Å². The maximum absolute atomic E-state index is 13.3.